The molecule has 1 atom stereocenters. The fourth-order valence-corrected chi connectivity index (χ4v) is 1.76. The van der Waals surface area contributed by atoms with Crippen molar-refractivity contribution >= 4 is 17.5 Å². The summed E-state index contributed by atoms with van der Waals surface area (Å²) >= 11 is 1.76. The summed E-state index contributed by atoms with van der Waals surface area (Å²) in [6.07, 6.45) is 4.21. The molecule has 10 heavy (non-hydrogen) atoms. The lowest BCUT2D eigenvalue weighted by Gasteiger charge is -2.09. The van der Waals surface area contributed by atoms with Crippen LogP contribution in [0.15, 0.2) is 0 Å². The molecule has 0 aliphatic heterocycles. The van der Waals surface area contributed by atoms with E-state index < -0.39 is 0 Å². The lowest BCUT2D eigenvalue weighted by molar-refractivity contribution is -0.120. The molecule has 0 aliphatic rings. The molecule has 0 heterocycles. The van der Waals surface area contributed by atoms with Gasteiger partial charge in [0, 0.05) is 11.7 Å². The van der Waals surface area contributed by atoms with Gasteiger partial charge in [-0.25, -0.2) is 0 Å². The van der Waals surface area contributed by atoms with Crippen molar-refractivity contribution in [3.05, 3.63) is 0 Å². The number of Topliss-reactive ketones (excluding diaryl/α,β-unsaturated/α-hetero) is 1. The van der Waals surface area contributed by atoms with Gasteiger partial charge < -0.3 is 0 Å². The second kappa shape index (κ2) is 5.78. The minimum Gasteiger partial charge on any atom is -0.300 e. The van der Waals surface area contributed by atoms with E-state index in [0.29, 0.717) is 11.7 Å². The molecule has 0 N–H and O–H groups in total. The number of carbonyl (C=O) groups excluding carboxylic acids is 1. The minimum atomic E-state index is 0.306. The number of hydrogen-bond acceptors (Lipinski definition) is 2. The monoisotopic (exact) mass is 160 g/mol. The van der Waals surface area contributed by atoms with Crippen molar-refractivity contribution in [1.29, 1.82) is 0 Å². The summed E-state index contributed by atoms with van der Waals surface area (Å²) in [6.45, 7) is 3.81. The highest BCUT2D eigenvalue weighted by Gasteiger charge is 2.10. The van der Waals surface area contributed by atoms with Gasteiger partial charge >= 0.3 is 0 Å². The summed E-state index contributed by atoms with van der Waals surface area (Å²) in [5.74, 6) is 1.64. The van der Waals surface area contributed by atoms with Crippen LogP contribution in [0.4, 0.5) is 0 Å². The van der Waals surface area contributed by atoms with Crippen LogP contribution in [-0.4, -0.2) is 17.8 Å². The summed E-state index contributed by atoms with van der Waals surface area (Å²) in [4.78, 5) is 10.9. The summed E-state index contributed by atoms with van der Waals surface area (Å²) in [5, 5.41) is 0. The van der Waals surface area contributed by atoms with Gasteiger partial charge in [-0.05, 0) is 19.6 Å². The lowest BCUT2D eigenvalue weighted by atomic mass is 10.0. The van der Waals surface area contributed by atoms with Crippen molar-refractivity contribution in [3.8, 4) is 0 Å². The molecule has 1 nitrogen and oxygen atoms in total. The molecule has 60 valence electrons. The molecule has 0 aromatic rings. The zero-order valence-corrected chi connectivity index (χ0v) is 7.83. The summed E-state index contributed by atoms with van der Waals surface area (Å²) in [7, 11) is 0. The highest BCUT2D eigenvalue weighted by Crippen LogP contribution is 2.12. The largest absolute Gasteiger partial charge is 0.300 e. The van der Waals surface area contributed by atoms with E-state index in [0.717, 1.165) is 18.6 Å². The molecule has 0 amide bonds. The Morgan fingerprint density at radius 3 is 2.50 bits per heavy atom. The molecule has 0 aromatic heterocycles. The Labute approximate surface area is 67.6 Å². The Morgan fingerprint density at radius 1 is 1.60 bits per heavy atom. The Balaban J connectivity index is 3.61. The van der Waals surface area contributed by atoms with Gasteiger partial charge in [0.05, 0.1) is 0 Å². The normalized spacial score (nSPS) is 13.1. The maximum atomic E-state index is 10.9. The fourth-order valence-electron chi connectivity index (χ4n) is 0.954. The third kappa shape index (κ3) is 3.94. The highest BCUT2D eigenvalue weighted by atomic mass is 32.2. The Morgan fingerprint density at radius 2 is 2.20 bits per heavy atom. The van der Waals surface area contributed by atoms with Crippen LogP contribution in [0.1, 0.15) is 26.7 Å². The SMILES string of the molecule is CCCC(CSC)C(C)=O. The van der Waals surface area contributed by atoms with E-state index in [9.17, 15) is 4.79 Å². The van der Waals surface area contributed by atoms with Crippen molar-refractivity contribution in [2.75, 3.05) is 12.0 Å². The van der Waals surface area contributed by atoms with Crippen LogP contribution in [0.3, 0.4) is 0 Å². The topological polar surface area (TPSA) is 17.1 Å². The average molecular weight is 160 g/mol. The Hall–Kier alpha value is 0.0200. The fraction of sp³-hybridized carbons (Fsp3) is 0.875. The van der Waals surface area contributed by atoms with E-state index in [1.165, 1.54) is 0 Å². The smallest absolute Gasteiger partial charge is 0.133 e. The van der Waals surface area contributed by atoms with E-state index in [-0.39, 0.29) is 0 Å². The Kier molecular flexibility index (Phi) is 5.79. The molecule has 0 rings (SSSR count). The predicted molar refractivity (Wildman–Crippen MR) is 47.5 cm³/mol. The van der Waals surface area contributed by atoms with Gasteiger partial charge in [-0.3, -0.25) is 4.79 Å². The predicted octanol–water partition coefficient (Wildman–Crippen LogP) is 2.35. The van der Waals surface area contributed by atoms with Gasteiger partial charge in [0.15, 0.2) is 0 Å². The second-order valence-electron chi connectivity index (χ2n) is 2.55. The first kappa shape index (κ1) is 10.0. The van der Waals surface area contributed by atoms with Crippen LogP contribution < -0.4 is 0 Å². The third-order valence-electron chi connectivity index (χ3n) is 1.58. The maximum Gasteiger partial charge on any atom is 0.133 e. The summed E-state index contributed by atoms with van der Waals surface area (Å²) < 4.78 is 0. The molecule has 0 aliphatic carbocycles. The van der Waals surface area contributed by atoms with Crippen molar-refractivity contribution < 1.29 is 4.79 Å². The van der Waals surface area contributed by atoms with Crippen molar-refractivity contribution in [2.45, 2.75) is 26.7 Å². The Bertz CT molecular complexity index is 95.4. The third-order valence-corrected chi connectivity index (χ3v) is 2.32. The highest BCUT2D eigenvalue weighted by molar-refractivity contribution is 7.98. The zero-order chi connectivity index (χ0) is 7.98. The van der Waals surface area contributed by atoms with Crippen LogP contribution in [0.25, 0.3) is 0 Å². The molecule has 0 saturated carbocycles. The molecule has 1 unspecified atom stereocenters. The molecule has 2 heteroatoms. The summed E-state index contributed by atoms with van der Waals surface area (Å²) in [6, 6.07) is 0. The molecule has 0 radical (unpaired) electrons. The zero-order valence-electron chi connectivity index (χ0n) is 7.02. The number of thioether (sulfide) groups is 1. The summed E-state index contributed by atoms with van der Waals surface area (Å²) in [5.41, 5.74) is 0. The molecule has 0 saturated heterocycles. The van der Waals surface area contributed by atoms with Gasteiger partial charge in [-0.1, -0.05) is 13.3 Å². The van der Waals surface area contributed by atoms with Gasteiger partial charge in [0.2, 0.25) is 0 Å². The van der Waals surface area contributed by atoms with Crippen LogP contribution in [0, 0.1) is 5.92 Å². The van der Waals surface area contributed by atoms with Gasteiger partial charge in [-0.15, -0.1) is 0 Å². The van der Waals surface area contributed by atoms with E-state index in [1.54, 1.807) is 18.7 Å². The number of rotatable bonds is 5. The molecule has 0 aromatic carbocycles. The number of carbonyl (C=O) groups is 1. The van der Waals surface area contributed by atoms with Gasteiger partial charge in [-0.2, -0.15) is 11.8 Å². The lowest BCUT2D eigenvalue weighted by Crippen LogP contribution is -2.12. The number of hydrogen-bond donors (Lipinski definition) is 0. The quantitative estimate of drug-likeness (QED) is 0.614. The average Bonchev–Trinajstić information content (AvgIpc) is 1.87. The maximum absolute atomic E-state index is 10.9. The molecular weight excluding hydrogens is 144 g/mol. The minimum absolute atomic E-state index is 0.306. The molecule has 0 spiro atoms. The standard InChI is InChI=1S/C8H16OS/c1-4-5-8(6-10-3)7(2)9/h8H,4-6H2,1-3H3. The van der Waals surface area contributed by atoms with Crippen LogP contribution in [-0.2, 0) is 4.79 Å². The van der Waals surface area contributed by atoms with Crippen molar-refractivity contribution in [3.63, 3.8) is 0 Å². The number of ketones is 1. The molecule has 0 bridgehead atoms. The van der Waals surface area contributed by atoms with Gasteiger partial charge in [0.1, 0.15) is 5.78 Å². The molecular formula is C8H16OS. The van der Waals surface area contributed by atoms with E-state index in [4.69, 9.17) is 0 Å². The van der Waals surface area contributed by atoms with Crippen LogP contribution >= 0.6 is 11.8 Å². The first-order valence-electron chi connectivity index (χ1n) is 3.71. The van der Waals surface area contributed by atoms with E-state index in [1.807, 2.05) is 6.26 Å². The van der Waals surface area contributed by atoms with E-state index in [2.05, 4.69) is 6.92 Å². The first-order valence-corrected chi connectivity index (χ1v) is 5.11. The molecule has 0 fully saturated rings. The van der Waals surface area contributed by atoms with Crippen molar-refractivity contribution in [1.82, 2.24) is 0 Å². The second-order valence-corrected chi connectivity index (χ2v) is 3.46. The van der Waals surface area contributed by atoms with E-state index >= 15 is 0 Å². The van der Waals surface area contributed by atoms with Crippen LogP contribution in [0.2, 0.25) is 0 Å². The van der Waals surface area contributed by atoms with Crippen LogP contribution in [0.5, 0.6) is 0 Å². The van der Waals surface area contributed by atoms with Gasteiger partial charge in [0.25, 0.3) is 0 Å². The van der Waals surface area contributed by atoms with Crippen molar-refractivity contribution in [2.24, 2.45) is 5.92 Å². The first-order chi connectivity index (χ1) is 4.72.